The van der Waals surface area contributed by atoms with E-state index in [2.05, 4.69) is 5.32 Å². The first-order chi connectivity index (χ1) is 8.52. The van der Waals surface area contributed by atoms with Gasteiger partial charge in [0.05, 0.1) is 6.04 Å². The van der Waals surface area contributed by atoms with Gasteiger partial charge < -0.3 is 16.0 Å². The highest BCUT2D eigenvalue weighted by Gasteiger charge is 2.33. The molecular formula is C12H15F2N3O. The second-order valence-electron chi connectivity index (χ2n) is 4.40. The maximum Gasteiger partial charge on any atom is 0.318 e. The molecule has 2 amide bonds. The third kappa shape index (κ3) is 2.28. The highest BCUT2D eigenvalue weighted by molar-refractivity contribution is 5.77. The standard InChI is InChI=1S/C12H15F2N3O/c1-7(5-15)17-6-11(16-12(17)18)9-4-8(13)2-3-10(9)14/h2-4,7,11H,5-6,15H2,1H3,(H,16,18). The van der Waals surface area contributed by atoms with Crippen LogP contribution in [-0.4, -0.2) is 30.1 Å². The summed E-state index contributed by atoms with van der Waals surface area (Å²) in [4.78, 5) is 13.2. The van der Waals surface area contributed by atoms with Gasteiger partial charge in [0.2, 0.25) is 0 Å². The number of nitrogens with zero attached hydrogens (tertiary/aromatic N) is 1. The molecule has 18 heavy (non-hydrogen) atoms. The van der Waals surface area contributed by atoms with Crippen molar-refractivity contribution < 1.29 is 13.6 Å². The second-order valence-corrected chi connectivity index (χ2v) is 4.40. The lowest BCUT2D eigenvalue weighted by molar-refractivity contribution is 0.203. The van der Waals surface area contributed by atoms with Crippen LogP contribution in [0.5, 0.6) is 0 Å². The van der Waals surface area contributed by atoms with Crippen molar-refractivity contribution in [3.63, 3.8) is 0 Å². The summed E-state index contributed by atoms with van der Waals surface area (Å²) in [5.41, 5.74) is 5.66. The van der Waals surface area contributed by atoms with Gasteiger partial charge in [-0.25, -0.2) is 13.6 Å². The summed E-state index contributed by atoms with van der Waals surface area (Å²) in [5, 5.41) is 2.63. The van der Waals surface area contributed by atoms with Gasteiger partial charge in [-0.15, -0.1) is 0 Å². The Balaban J connectivity index is 2.21. The van der Waals surface area contributed by atoms with Crippen molar-refractivity contribution >= 4 is 6.03 Å². The van der Waals surface area contributed by atoms with E-state index in [-0.39, 0.29) is 24.2 Å². The molecule has 4 nitrogen and oxygen atoms in total. The molecule has 0 spiro atoms. The zero-order valence-corrected chi connectivity index (χ0v) is 9.99. The maximum absolute atomic E-state index is 13.6. The zero-order chi connectivity index (χ0) is 13.3. The molecule has 98 valence electrons. The molecule has 1 heterocycles. The average Bonchev–Trinajstić information content (AvgIpc) is 2.73. The number of halogens is 2. The van der Waals surface area contributed by atoms with Crippen molar-refractivity contribution in [1.82, 2.24) is 10.2 Å². The first-order valence-electron chi connectivity index (χ1n) is 5.75. The summed E-state index contributed by atoms with van der Waals surface area (Å²) in [6.07, 6.45) is 0. The molecule has 2 rings (SSSR count). The fraction of sp³-hybridized carbons (Fsp3) is 0.417. The van der Waals surface area contributed by atoms with Gasteiger partial charge in [-0.05, 0) is 25.1 Å². The number of hydrogen-bond acceptors (Lipinski definition) is 2. The van der Waals surface area contributed by atoms with Crippen LogP contribution < -0.4 is 11.1 Å². The Morgan fingerprint density at radius 2 is 2.28 bits per heavy atom. The van der Waals surface area contributed by atoms with Crippen molar-refractivity contribution in [3.05, 3.63) is 35.4 Å². The number of hydrogen-bond donors (Lipinski definition) is 2. The Kier molecular flexibility index (Phi) is 3.47. The van der Waals surface area contributed by atoms with E-state index < -0.39 is 17.7 Å². The van der Waals surface area contributed by atoms with Gasteiger partial charge in [-0.3, -0.25) is 0 Å². The van der Waals surface area contributed by atoms with Crippen molar-refractivity contribution in [2.75, 3.05) is 13.1 Å². The molecule has 6 heteroatoms. The van der Waals surface area contributed by atoms with Crippen molar-refractivity contribution in [3.8, 4) is 0 Å². The molecule has 1 saturated heterocycles. The van der Waals surface area contributed by atoms with Crippen LogP contribution in [0.1, 0.15) is 18.5 Å². The van der Waals surface area contributed by atoms with Crippen LogP contribution in [0.3, 0.4) is 0 Å². The zero-order valence-electron chi connectivity index (χ0n) is 9.99. The lowest BCUT2D eigenvalue weighted by atomic mass is 10.1. The van der Waals surface area contributed by atoms with Gasteiger partial charge in [0, 0.05) is 24.7 Å². The molecule has 0 aliphatic carbocycles. The second kappa shape index (κ2) is 4.89. The minimum atomic E-state index is -0.540. The van der Waals surface area contributed by atoms with E-state index in [1.54, 1.807) is 0 Å². The van der Waals surface area contributed by atoms with Gasteiger partial charge in [0.25, 0.3) is 0 Å². The van der Waals surface area contributed by atoms with E-state index in [4.69, 9.17) is 5.73 Å². The smallest absolute Gasteiger partial charge is 0.318 e. The van der Waals surface area contributed by atoms with Crippen LogP contribution >= 0.6 is 0 Å². The van der Waals surface area contributed by atoms with Crippen molar-refractivity contribution in [2.45, 2.75) is 19.0 Å². The number of rotatable bonds is 3. The molecule has 1 aromatic carbocycles. The molecule has 2 unspecified atom stereocenters. The Morgan fingerprint density at radius 3 is 2.94 bits per heavy atom. The fourth-order valence-corrected chi connectivity index (χ4v) is 2.02. The van der Waals surface area contributed by atoms with Gasteiger partial charge in [0.1, 0.15) is 11.6 Å². The summed E-state index contributed by atoms with van der Waals surface area (Å²) >= 11 is 0. The molecule has 3 N–H and O–H groups in total. The number of amides is 2. The Bertz CT molecular complexity index is 467. The van der Waals surface area contributed by atoms with Crippen LogP contribution in [-0.2, 0) is 0 Å². The SMILES string of the molecule is CC(CN)N1CC(c2cc(F)ccc2F)NC1=O. The van der Waals surface area contributed by atoms with Crippen molar-refractivity contribution in [2.24, 2.45) is 5.73 Å². The third-order valence-electron chi connectivity index (χ3n) is 3.14. The summed E-state index contributed by atoms with van der Waals surface area (Å²) in [5.74, 6) is -1.05. The molecule has 1 aromatic rings. The Hall–Kier alpha value is -1.69. The molecule has 1 fully saturated rings. The fourth-order valence-electron chi connectivity index (χ4n) is 2.02. The molecule has 2 atom stereocenters. The molecule has 0 bridgehead atoms. The monoisotopic (exact) mass is 255 g/mol. The van der Waals surface area contributed by atoms with E-state index in [1.165, 1.54) is 4.90 Å². The normalized spacial score (nSPS) is 21.0. The predicted octanol–water partition coefficient (Wildman–Crippen LogP) is 1.38. The number of carbonyl (C=O) groups excluding carboxylic acids is 1. The number of nitrogens with one attached hydrogen (secondary N) is 1. The number of nitrogens with two attached hydrogens (primary N) is 1. The maximum atomic E-state index is 13.6. The first kappa shape index (κ1) is 12.8. The van der Waals surface area contributed by atoms with Gasteiger partial charge in [0.15, 0.2) is 0 Å². The van der Waals surface area contributed by atoms with Crippen LogP contribution in [0, 0.1) is 11.6 Å². The summed E-state index contributed by atoms with van der Waals surface area (Å²) in [6, 6.07) is 2.24. The largest absolute Gasteiger partial charge is 0.329 e. The highest BCUT2D eigenvalue weighted by Crippen LogP contribution is 2.24. The van der Waals surface area contributed by atoms with E-state index in [0.717, 1.165) is 18.2 Å². The predicted molar refractivity (Wildman–Crippen MR) is 62.9 cm³/mol. The molecular weight excluding hydrogens is 240 g/mol. The summed E-state index contributed by atoms with van der Waals surface area (Å²) in [6.45, 7) is 2.42. The van der Waals surface area contributed by atoms with Crippen LogP contribution in [0.25, 0.3) is 0 Å². The molecule has 0 saturated carbocycles. The summed E-state index contributed by atoms with van der Waals surface area (Å²) < 4.78 is 26.7. The number of carbonyl (C=O) groups is 1. The number of benzene rings is 1. The Labute approximate surface area is 104 Å². The first-order valence-corrected chi connectivity index (χ1v) is 5.75. The molecule has 1 aliphatic rings. The van der Waals surface area contributed by atoms with Crippen LogP contribution in [0.2, 0.25) is 0 Å². The Morgan fingerprint density at radius 1 is 1.56 bits per heavy atom. The minimum absolute atomic E-state index is 0.133. The molecule has 0 radical (unpaired) electrons. The van der Waals surface area contributed by atoms with E-state index in [9.17, 15) is 13.6 Å². The van der Waals surface area contributed by atoms with Gasteiger partial charge in [-0.1, -0.05) is 0 Å². The van der Waals surface area contributed by atoms with E-state index in [0.29, 0.717) is 6.54 Å². The van der Waals surface area contributed by atoms with Gasteiger partial charge in [-0.2, -0.15) is 0 Å². The lowest BCUT2D eigenvalue weighted by Gasteiger charge is -2.21. The number of urea groups is 1. The highest BCUT2D eigenvalue weighted by atomic mass is 19.1. The van der Waals surface area contributed by atoms with E-state index in [1.807, 2.05) is 6.92 Å². The molecule has 1 aliphatic heterocycles. The average molecular weight is 255 g/mol. The van der Waals surface area contributed by atoms with Crippen LogP contribution in [0.15, 0.2) is 18.2 Å². The third-order valence-corrected chi connectivity index (χ3v) is 3.14. The topological polar surface area (TPSA) is 58.4 Å². The summed E-state index contributed by atoms with van der Waals surface area (Å²) in [7, 11) is 0. The minimum Gasteiger partial charge on any atom is -0.329 e. The van der Waals surface area contributed by atoms with Crippen LogP contribution in [0.4, 0.5) is 13.6 Å². The lowest BCUT2D eigenvalue weighted by Crippen LogP contribution is -2.40. The van der Waals surface area contributed by atoms with Crippen molar-refractivity contribution in [1.29, 1.82) is 0 Å². The molecule has 0 aromatic heterocycles. The van der Waals surface area contributed by atoms with Gasteiger partial charge >= 0.3 is 6.03 Å². The quantitative estimate of drug-likeness (QED) is 0.857. The van der Waals surface area contributed by atoms with E-state index >= 15 is 0 Å².